The van der Waals surface area contributed by atoms with Crippen LogP contribution in [0.3, 0.4) is 0 Å². The molecule has 2 fully saturated rings. The summed E-state index contributed by atoms with van der Waals surface area (Å²) in [7, 11) is 1.92. The Morgan fingerprint density at radius 2 is 2.00 bits per heavy atom. The molecule has 4 heteroatoms. The van der Waals surface area contributed by atoms with Gasteiger partial charge in [0.25, 0.3) is 0 Å². The zero-order valence-electron chi connectivity index (χ0n) is 11.0. The molecule has 0 aromatic carbocycles. The molecular weight excluding hydrogens is 216 g/mol. The Morgan fingerprint density at radius 3 is 2.53 bits per heavy atom. The van der Waals surface area contributed by atoms with Crippen molar-refractivity contribution in [2.75, 3.05) is 26.7 Å². The third-order valence-electron chi connectivity index (χ3n) is 4.06. The van der Waals surface area contributed by atoms with Crippen molar-refractivity contribution in [1.29, 1.82) is 0 Å². The third kappa shape index (κ3) is 3.19. The number of nitrogens with one attached hydrogen (secondary N) is 1. The van der Waals surface area contributed by atoms with Crippen molar-refractivity contribution >= 4 is 5.91 Å². The highest BCUT2D eigenvalue weighted by Crippen LogP contribution is 2.22. The summed E-state index contributed by atoms with van der Waals surface area (Å²) in [6, 6.07) is 0.437. The molecule has 17 heavy (non-hydrogen) atoms. The van der Waals surface area contributed by atoms with E-state index in [1.54, 1.807) is 0 Å². The van der Waals surface area contributed by atoms with Gasteiger partial charge in [0.1, 0.15) is 6.61 Å². The van der Waals surface area contributed by atoms with Crippen molar-refractivity contribution in [2.24, 2.45) is 0 Å². The maximum atomic E-state index is 12.0. The molecular formula is C13H24N2O2. The summed E-state index contributed by atoms with van der Waals surface area (Å²) in [6.45, 7) is 3.99. The largest absolute Gasteiger partial charge is 0.363 e. The molecule has 0 aromatic rings. The highest BCUT2D eigenvalue weighted by molar-refractivity contribution is 5.77. The molecule has 0 radical (unpaired) electrons. The molecule has 4 nitrogen and oxygen atoms in total. The lowest BCUT2D eigenvalue weighted by Crippen LogP contribution is -2.59. The molecule has 1 heterocycles. The molecule has 2 rings (SSSR count). The molecule has 1 saturated heterocycles. The van der Waals surface area contributed by atoms with Crippen molar-refractivity contribution in [3.63, 3.8) is 0 Å². The van der Waals surface area contributed by atoms with Gasteiger partial charge in [0, 0.05) is 26.2 Å². The molecule has 0 atom stereocenters. The van der Waals surface area contributed by atoms with Crippen LogP contribution < -0.4 is 5.32 Å². The average Bonchev–Trinajstić information content (AvgIpc) is 2.33. The predicted molar refractivity (Wildman–Crippen MR) is 66.9 cm³/mol. The molecule has 0 spiro atoms. The SMILES string of the molecule is CN(C(=O)COC1(C)CNC1)C1CCCCC1. The van der Waals surface area contributed by atoms with Gasteiger partial charge in [0.15, 0.2) is 0 Å². The Morgan fingerprint density at radius 1 is 1.35 bits per heavy atom. The fraction of sp³-hybridized carbons (Fsp3) is 0.923. The van der Waals surface area contributed by atoms with Crippen molar-refractivity contribution in [2.45, 2.75) is 50.7 Å². The van der Waals surface area contributed by atoms with Crippen LogP contribution in [-0.4, -0.2) is 49.2 Å². The lowest BCUT2D eigenvalue weighted by Gasteiger charge is -2.39. The summed E-state index contributed by atoms with van der Waals surface area (Å²) >= 11 is 0. The van der Waals surface area contributed by atoms with Gasteiger partial charge in [-0.2, -0.15) is 0 Å². The van der Waals surface area contributed by atoms with E-state index in [1.165, 1.54) is 19.3 Å². The highest BCUT2D eigenvalue weighted by Gasteiger charge is 2.33. The van der Waals surface area contributed by atoms with Crippen LogP contribution in [0.4, 0.5) is 0 Å². The van der Waals surface area contributed by atoms with Crippen molar-refractivity contribution in [1.82, 2.24) is 10.2 Å². The lowest BCUT2D eigenvalue weighted by atomic mass is 9.94. The fourth-order valence-electron chi connectivity index (χ4n) is 2.59. The van der Waals surface area contributed by atoms with Crippen LogP contribution in [0.1, 0.15) is 39.0 Å². The zero-order valence-corrected chi connectivity index (χ0v) is 11.0. The van der Waals surface area contributed by atoms with Crippen molar-refractivity contribution in [3.8, 4) is 0 Å². The fourth-order valence-corrected chi connectivity index (χ4v) is 2.59. The third-order valence-corrected chi connectivity index (χ3v) is 4.06. The van der Waals surface area contributed by atoms with Gasteiger partial charge in [-0.05, 0) is 19.8 Å². The Bertz CT molecular complexity index is 271. The normalized spacial score (nSPS) is 24.1. The number of carbonyl (C=O) groups is 1. The first kappa shape index (κ1) is 12.8. The van der Waals surface area contributed by atoms with E-state index in [2.05, 4.69) is 12.2 Å². The summed E-state index contributed by atoms with van der Waals surface area (Å²) in [5.41, 5.74) is -0.122. The molecule has 0 unspecified atom stereocenters. The van der Waals surface area contributed by atoms with Crippen molar-refractivity contribution in [3.05, 3.63) is 0 Å². The number of likely N-dealkylation sites (N-methyl/N-ethyl adjacent to an activating group) is 1. The van der Waals surface area contributed by atoms with E-state index in [4.69, 9.17) is 4.74 Å². The van der Waals surface area contributed by atoms with Crippen LogP contribution in [0.15, 0.2) is 0 Å². The van der Waals surface area contributed by atoms with E-state index in [0.29, 0.717) is 6.04 Å². The first-order valence-electron chi connectivity index (χ1n) is 6.71. The number of nitrogens with zero attached hydrogens (tertiary/aromatic N) is 1. The minimum absolute atomic E-state index is 0.122. The van der Waals surface area contributed by atoms with Crippen LogP contribution in [-0.2, 0) is 9.53 Å². The first-order chi connectivity index (χ1) is 8.11. The van der Waals surface area contributed by atoms with Gasteiger partial charge < -0.3 is 15.0 Å². The summed E-state index contributed by atoms with van der Waals surface area (Å²) in [6.07, 6.45) is 6.14. The van der Waals surface area contributed by atoms with Gasteiger partial charge in [-0.1, -0.05) is 19.3 Å². The van der Waals surface area contributed by atoms with Crippen LogP contribution >= 0.6 is 0 Å². The van der Waals surface area contributed by atoms with E-state index in [1.807, 2.05) is 11.9 Å². The average molecular weight is 240 g/mol. The maximum Gasteiger partial charge on any atom is 0.248 e. The minimum Gasteiger partial charge on any atom is -0.363 e. The second-order valence-corrected chi connectivity index (χ2v) is 5.64. The van der Waals surface area contributed by atoms with E-state index in [-0.39, 0.29) is 18.1 Å². The monoisotopic (exact) mass is 240 g/mol. The quantitative estimate of drug-likeness (QED) is 0.801. The number of ether oxygens (including phenoxy) is 1. The van der Waals surface area contributed by atoms with Gasteiger partial charge in [-0.25, -0.2) is 0 Å². The number of hydrogen-bond donors (Lipinski definition) is 1. The molecule has 1 amide bonds. The maximum absolute atomic E-state index is 12.0. The van der Waals surface area contributed by atoms with Crippen LogP contribution in [0, 0.1) is 0 Å². The number of hydrogen-bond acceptors (Lipinski definition) is 3. The Labute approximate surface area is 104 Å². The molecule has 1 saturated carbocycles. The van der Waals surface area contributed by atoms with Gasteiger partial charge >= 0.3 is 0 Å². The second-order valence-electron chi connectivity index (χ2n) is 5.64. The van der Waals surface area contributed by atoms with Crippen LogP contribution in [0.2, 0.25) is 0 Å². The molecule has 1 aliphatic heterocycles. The molecule has 1 N–H and O–H groups in total. The predicted octanol–water partition coefficient (Wildman–Crippen LogP) is 1.16. The van der Waals surface area contributed by atoms with Crippen LogP contribution in [0.5, 0.6) is 0 Å². The van der Waals surface area contributed by atoms with Gasteiger partial charge in [0.05, 0.1) is 5.60 Å². The summed E-state index contributed by atoms with van der Waals surface area (Å²) in [5, 5.41) is 3.17. The number of carbonyl (C=O) groups excluding carboxylic acids is 1. The Balaban J connectivity index is 1.74. The molecule has 0 bridgehead atoms. The molecule has 2 aliphatic rings. The van der Waals surface area contributed by atoms with Gasteiger partial charge in [-0.15, -0.1) is 0 Å². The smallest absolute Gasteiger partial charge is 0.248 e. The second kappa shape index (κ2) is 5.36. The van der Waals surface area contributed by atoms with E-state index < -0.39 is 0 Å². The van der Waals surface area contributed by atoms with E-state index in [9.17, 15) is 4.79 Å². The van der Waals surface area contributed by atoms with Crippen molar-refractivity contribution < 1.29 is 9.53 Å². The number of rotatable bonds is 4. The Hall–Kier alpha value is -0.610. The Kier molecular flexibility index (Phi) is 4.05. The minimum atomic E-state index is -0.122. The zero-order chi connectivity index (χ0) is 12.3. The van der Waals surface area contributed by atoms with Gasteiger partial charge in [0.2, 0.25) is 5.91 Å². The van der Waals surface area contributed by atoms with E-state index in [0.717, 1.165) is 25.9 Å². The lowest BCUT2D eigenvalue weighted by molar-refractivity contribution is -0.147. The summed E-state index contributed by atoms with van der Waals surface area (Å²) < 4.78 is 5.69. The number of amides is 1. The van der Waals surface area contributed by atoms with Gasteiger partial charge in [-0.3, -0.25) is 4.79 Å². The first-order valence-corrected chi connectivity index (χ1v) is 6.71. The summed E-state index contributed by atoms with van der Waals surface area (Å²) in [4.78, 5) is 13.9. The standard InChI is InChI=1S/C13H24N2O2/c1-13(9-14-10-13)17-8-12(16)15(2)11-6-4-3-5-7-11/h11,14H,3-10H2,1-2H3. The molecule has 1 aliphatic carbocycles. The highest BCUT2D eigenvalue weighted by atomic mass is 16.5. The summed E-state index contributed by atoms with van der Waals surface area (Å²) in [5.74, 6) is 0.130. The molecule has 0 aromatic heterocycles. The molecule has 98 valence electrons. The van der Waals surface area contributed by atoms with E-state index >= 15 is 0 Å². The topological polar surface area (TPSA) is 41.6 Å². The van der Waals surface area contributed by atoms with Crippen LogP contribution in [0.25, 0.3) is 0 Å².